The number of hydrogen-bond donors (Lipinski definition) is 2. The van der Waals surface area contributed by atoms with Crippen LogP contribution in [0.1, 0.15) is 30.7 Å². The molecule has 1 aromatic heterocycles. The van der Waals surface area contributed by atoms with Crippen molar-refractivity contribution in [1.82, 2.24) is 0 Å². The van der Waals surface area contributed by atoms with Crippen molar-refractivity contribution in [3.8, 4) is 0 Å². The van der Waals surface area contributed by atoms with Gasteiger partial charge in [-0.2, -0.15) is 0 Å². The molecule has 0 amide bonds. The van der Waals surface area contributed by atoms with Gasteiger partial charge in [-0.1, -0.05) is 0 Å². The molecule has 5 rings (SSSR count). The van der Waals surface area contributed by atoms with Gasteiger partial charge in [0.05, 0.1) is 0 Å². The average Bonchev–Trinajstić information content (AvgIpc) is 3.27. The van der Waals surface area contributed by atoms with E-state index in [1.165, 1.54) is 0 Å². The van der Waals surface area contributed by atoms with Crippen molar-refractivity contribution in [2.45, 2.75) is 0 Å². The Labute approximate surface area is 210 Å². The van der Waals surface area contributed by atoms with Gasteiger partial charge in [0.15, 0.2) is 0 Å². The summed E-state index contributed by atoms with van der Waals surface area (Å²) in [5.41, 5.74) is 3.93. The number of carbonyl (C=O) groups excluding carboxylic acids is 2. The first-order valence-electron chi connectivity index (χ1n) is 11.2. The molecule has 0 saturated heterocycles. The molecule has 0 aliphatic carbocycles. The molecule has 5 heteroatoms. The van der Waals surface area contributed by atoms with Crippen LogP contribution in [0.2, 0.25) is 0 Å². The number of carbonyl (C=O) groups is 2. The Hall–Kier alpha value is -4.18. The Kier molecular flexibility index (Phi) is 6.71. The minimum atomic E-state index is -0.417. The number of hydrogen-bond acceptors (Lipinski definition) is 4. The van der Waals surface area contributed by atoms with Crippen molar-refractivity contribution in [2.75, 3.05) is 10.6 Å². The van der Waals surface area contributed by atoms with E-state index in [0.29, 0.717) is 26.8 Å². The summed E-state index contributed by atoms with van der Waals surface area (Å²) in [6, 6.07) is 37.8. The van der Waals surface area contributed by atoms with Gasteiger partial charge in [-0.3, -0.25) is 0 Å². The first-order valence-corrected chi connectivity index (χ1v) is 12.9. The third-order valence-electron chi connectivity index (χ3n) is 5.49. The fraction of sp³-hybridized carbons (Fsp3) is 0. The molecule has 0 fully saturated rings. The summed E-state index contributed by atoms with van der Waals surface area (Å²) in [6.45, 7) is 0. The second-order valence-electron chi connectivity index (χ2n) is 7.88. The van der Waals surface area contributed by atoms with Crippen LogP contribution < -0.4 is 10.6 Å². The third kappa shape index (κ3) is 5.02. The van der Waals surface area contributed by atoms with Crippen LogP contribution >= 0.6 is 0 Å². The van der Waals surface area contributed by atoms with E-state index in [0.717, 1.165) is 15.9 Å². The molecule has 0 bridgehead atoms. The monoisotopic (exact) mass is 522 g/mol. The first kappa shape index (κ1) is 22.6. The number of benzene rings is 4. The van der Waals surface area contributed by atoms with Gasteiger partial charge in [0.25, 0.3) is 0 Å². The van der Waals surface area contributed by atoms with E-state index in [9.17, 15) is 9.59 Å². The van der Waals surface area contributed by atoms with E-state index >= 15 is 0 Å². The predicted octanol–water partition coefficient (Wildman–Crippen LogP) is 6.69. The Balaban J connectivity index is 1.71. The molecule has 0 spiro atoms. The maximum absolute atomic E-state index is 13.9. The maximum atomic E-state index is 13.9. The van der Waals surface area contributed by atoms with Crippen molar-refractivity contribution in [2.24, 2.45) is 0 Å². The molecule has 5 aromatic rings. The molecule has 0 aliphatic rings. The van der Waals surface area contributed by atoms with E-state index < -0.39 is 14.5 Å². The Morgan fingerprint density at radius 2 is 0.943 bits per heavy atom. The van der Waals surface area contributed by atoms with E-state index in [2.05, 4.69) is 10.6 Å². The molecule has 4 nitrogen and oxygen atoms in total. The molecular formula is C30H22N2O2Se. The van der Waals surface area contributed by atoms with Crippen molar-refractivity contribution < 1.29 is 9.59 Å². The molecule has 1 heterocycles. The van der Waals surface area contributed by atoms with Gasteiger partial charge in [0.2, 0.25) is 0 Å². The van der Waals surface area contributed by atoms with Crippen LogP contribution in [-0.4, -0.2) is 26.1 Å². The predicted molar refractivity (Wildman–Crippen MR) is 143 cm³/mol. The van der Waals surface area contributed by atoms with Crippen molar-refractivity contribution >= 4 is 47.7 Å². The number of rotatable bonds is 8. The van der Waals surface area contributed by atoms with Gasteiger partial charge in [-0.05, 0) is 0 Å². The Morgan fingerprint density at radius 3 is 1.46 bits per heavy atom. The second kappa shape index (κ2) is 10.4. The number of ketones is 2. The SMILES string of the molecule is O=C(c1ccccc1)c1[se]c(Nc2ccccc2)c(C(=O)c2ccccc2)c1Nc1ccccc1. The van der Waals surface area contributed by atoms with E-state index in [1.54, 1.807) is 12.1 Å². The summed E-state index contributed by atoms with van der Waals surface area (Å²) in [4.78, 5) is 27.6. The van der Waals surface area contributed by atoms with Gasteiger partial charge in [0.1, 0.15) is 0 Å². The van der Waals surface area contributed by atoms with Gasteiger partial charge >= 0.3 is 210 Å². The topological polar surface area (TPSA) is 58.2 Å². The zero-order valence-corrected chi connectivity index (χ0v) is 20.5. The molecule has 170 valence electrons. The fourth-order valence-electron chi connectivity index (χ4n) is 3.79. The third-order valence-corrected chi connectivity index (χ3v) is 7.80. The molecule has 0 atom stereocenters. The quantitative estimate of drug-likeness (QED) is 0.176. The Morgan fingerprint density at radius 1 is 0.514 bits per heavy atom. The molecular weight excluding hydrogens is 499 g/mol. The van der Waals surface area contributed by atoms with E-state index in [1.807, 2.05) is 109 Å². The average molecular weight is 521 g/mol. The summed E-state index contributed by atoms with van der Waals surface area (Å²) >= 11 is -0.417. The van der Waals surface area contributed by atoms with Crippen LogP contribution in [0.5, 0.6) is 0 Å². The second-order valence-corrected chi connectivity index (χ2v) is 10.0. The van der Waals surface area contributed by atoms with Crippen LogP contribution in [0, 0.1) is 0 Å². The normalized spacial score (nSPS) is 10.5. The summed E-state index contributed by atoms with van der Waals surface area (Å²) in [7, 11) is 0. The number of anilines is 4. The van der Waals surface area contributed by atoms with Crippen molar-refractivity contribution in [1.29, 1.82) is 0 Å². The molecule has 0 aliphatic heterocycles. The molecule has 35 heavy (non-hydrogen) atoms. The fourth-order valence-corrected chi connectivity index (χ4v) is 6.17. The summed E-state index contributed by atoms with van der Waals surface area (Å²) in [6.07, 6.45) is 0. The van der Waals surface area contributed by atoms with E-state index in [-0.39, 0.29) is 11.6 Å². The van der Waals surface area contributed by atoms with E-state index in [4.69, 9.17) is 0 Å². The first-order chi connectivity index (χ1) is 17.2. The zero-order chi connectivity index (χ0) is 24.0. The molecule has 2 N–H and O–H groups in total. The van der Waals surface area contributed by atoms with Gasteiger partial charge in [-0.25, -0.2) is 0 Å². The van der Waals surface area contributed by atoms with Crippen molar-refractivity contribution in [3.05, 3.63) is 142 Å². The summed E-state index contributed by atoms with van der Waals surface area (Å²) in [5.74, 6) is -0.201. The van der Waals surface area contributed by atoms with Gasteiger partial charge < -0.3 is 0 Å². The summed E-state index contributed by atoms with van der Waals surface area (Å²) in [5, 5.41) is 6.86. The minimum absolute atomic E-state index is 0.0766. The standard InChI is InChI=1S/C30H22N2O2Se/c33-27(21-13-5-1-6-14-21)25-26(31-23-17-9-3-10-18-23)29(28(34)22-15-7-2-8-16-22)35-30(25)32-24-19-11-4-12-20-24/h1-20,31-32H. The summed E-state index contributed by atoms with van der Waals surface area (Å²) < 4.78 is 1.38. The van der Waals surface area contributed by atoms with Crippen LogP contribution in [0.4, 0.5) is 21.6 Å². The molecule has 0 radical (unpaired) electrons. The van der Waals surface area contributed by atoms with Crippen molar-refractivity contribution in [3.63, 3.8) is 0 Å². The van der Waals surface area contributed by atoms with Gasteiger partial charge in [0, 0.05) is 0 Å². The molecule has 0 unspecified atom stereocenters. The molecule has 4 aromatic carbocycles. The van der Waals surface area contributed by atoms with Crippen LogP contribution in [-0.2, 0) is 0 Å². The Bertz CT molecular complexity index is 1450. The number of nitrogens with one attached hydrogen (secondary N) is 2. The zero-order valence-electron chi connectivity index (χ0n) is 18.8. The molecule has 0 saturated carbocycles. The van der Waals surface area contributed by atoms with Crippen LogP contribution in [0.15, 0.2) is 121 Å². The van der Waals surface area contributed by atoms with Gasteiger partial charge in [-0.15, -0.1) is 0 Å². The van der Waals surface area contributed by atoms with Crippen LogP contribution in [0.3, 0.4) is 0 Å². The van der Waals surface area contributed by atoms with Crippen LogP contribution in [0.25, 0.3) is 0 Å². The number of para-hydroxylation sites is 2.